The molecular formula is C20H27N9O21P4. The van der Waals surface area contributed by atoms with Gasteiger partial charge in [-0.15, -0.1) is 0 Å². The molecule has 0 spiro atoms. The Bertz CT molecular complexity index is 2360. The van der Waals surface area contributed by atoms with Gasteiger partial charge in [0.1, 0.15) is 36.6 Å². The van der Waals surface area contributed by atoms with Crippen LogP contribution in [0.2, 0.25) is 0 Å². The van der Waals surface area contributed by atoms with E-state index in [1.54, 1.807) is 0 Å². The monoisotopic (exact) mass is 853 g/mol. The van der Waals surface area contributed by atoms with E-state index < -0.39 is 111 Å². The molecule has 11 atom stereocenters. The maximum atomic E-state index is 13.3. The number of nitrogens with zero attached hydrogens (tertiary/aromatic N) is 6. The van der Waals surface area contributed by atoms with Crippen molar-refractivity contribution in [1.82, 2.24) is 39.0 Å². The first-order chi connectivity index (χ1) is 25.0. The van der Waals surface area contributed by atoms with Crippen LogP contribution in [0.15, 0.2) is 28.6 Å². The highest BCUT2D eigenvalue weighted by Crippen LogP contribution is 2.66. The van der Waals surface area contributed by atoms with Crippen LogP contribution in [0.4, 0.5) is 5.95 Å². The van der Waals surface area contributed by atoms with Crippen molar-refractivity contribution in [3.63, 3.8) is 0 Å². The van der Waals surface area contributed by atoms with Gasteiger partial charge in [-0.2, -0.15) is 13.6 Å². The summed E-state index contributed by atoms with van der Waals surface area (Å²) in [5.41, 5.74) is 3.29. The zero-order valence-corrected chi connectivity index (χ0v) is 29.8. The average Bonchev–Trinajstić information content (AvgIpc) is 3.79. The SMILES string of the molecule is Nc1nc2c(ncn2[C@@H]2O[C@H](COP(=O)(O)OP(=O)(O)OP(=O)(O)O)[C@@H](O)[C@H]2OP(=O)(O)OC[C@H]2O[C@@H](n3cnc4c(=O)[nH]cnc43)[C@H](O)[C@@H]2O)c(=O)[nH]1. The molecule has 3 unspecified atom stereocenters. The average molecular weight is 853 g/mol. The second-order valence-corrected chi connectivity index (χ2v) is 17.0. The summed E-state index contributed by atoms with van der Waals surface area (Å²) in [6.07, 6.45) is -11.3. The molecule has 0 aliphatic carbocycles. The van der Waals surface area contributed by atoms with Crippen molar-refractivity contribution in [2.45, 2.75) is 49.1 Å². The maximum absolute atomic E-state index is 13.3. The standard InChI is InChI=1S/C20H27N9O21P4/c21-20-26-15-9(17(34)27-20)25-5-29(15)19-13(11(31)7(47-19)2-45-53(40,41)50-54(42,43)49-51(35,36)37)48-52(38,39)44-1-6-10(30)12(32)18(46-6)28-4-24-8-14(28)22-3-23-16(8)33/h3-7,10-13,18-19,30-32H,1-2H2,(H,38,39)(H,40,41)(H,42,43)(H,22,23,33)(H2,35,36,37)(H3,21,26,27,34)/t6-,7-,10-,11-,12-,13-,18-,19-/m1/s1. The van der Waals surface area contributed by atoms with Gasteiger partial charge in [0.15, 0.2) is 34.8 Å². The second-order valence-electron chi connectivity index (χ2n) is 11.2. The third kappa shape index (κ3) is 8.62. The van der Waals surface area contributed by atoms with Crippen molar-refractivity contribution in [2.24, 2.45) is 0 Å². The molecule has 0 radical (unpaired) electrons. The fourth-order valence-electron chi connectivity index (χ4n) is 5.29. The molecule has 2 saturated heterocycles. The Morgan fingerprint density at radius 1 is 0.741 bits per heavy atom. The number of ether oxygens (including phenoxy) is 2. The van der Waals surface area contributed by atoms with E-state index in [-0.39, 0.29) is 22.3 Å². The summed E-state index contributed by atoms with van der Waals surface area (Å²) in [6, 6.07) is 0. The van der Waals surface area contributed by atoms with Crippen molar-refractivity contribution in [3.8, 4) is 0 Å². The lowest BCUT2D eigenvalue weighted by Crippen LogP contribution is -2.36. The highest BCUT2D eigenvalue weighted by atomic mass is 31.3. The number of aliphatic hydroxyl groups is 3. The first-order valence-electron chi connectivity index (χ1n) is 14.5. The minimum absolute atomic E-state index is 0.0400. The molecule has 0 amide bonds. The molecule has 298 valence electrons. The Morgan fingerprint density at radius 3 is 1.96 bits per heavy atom. The van der Waals surface area contributed by atoms with Crippen LogP contribution in [-0.2, 0) is 49.9 Å². The number of H-pyrrole nitrogens is 2. The molecule has 54 heavy (non-hydrogen) atoms. The van der Waals surface area contributed by atoms with Crippen LogP contribution in [0.25, 0.3) is 22.3 Å². The number of nitrogen functional groups attached to an aromatic ring is 1. The van der Waals surface area contributed by atoms with Gasteiger partial charge in [0.05, 0.1) is 32.2 Å². The van der Waals surface area contributed by atoms with Crippen molar-refractivity contribution in [1.29, 1.82) is 0 Å². The van der Waals surface area contributed by atoms with Gasteiger partial charge < -0.3 is 60.0 Å². The number of hydrogen-bond donors (Lipinski definition) is 11. The van der Waals surface area contributed by atoms with Crippen molar-refractivity contribution in [2.75, 3.05) is 18.9 Å². The molecule has 0 bridgehead atoms. The summed E-state index contributed by atoms with van der Waals surface area (Å²) in [5.74, 6) is -0.437. The van der Waals surface area contributed by atoms with Crippen molar-refractivity contribution >= 4 is 59.6 Å². The van der Waals surface area contributed by atoms with E-state index in [0.29, 0.717) is 0 Å². The highest BCUT2D eigenvalue weighted by Gasteiger charge is 2.52. The van der Waals surface area contributed by atoms with E-state index in [0.717, 1.165) is 28.1 Å². The number of hydrogen-bond acceptors (Lipinski definition) is 21. The number of phosphoric acid groups is 4. The molecule has 0 saturated carbocycles. The van der Waals surface area contributed by atoms with Gasteiger partial charge in [0.2, 0.25) is 5.95 Å². The zero-order valence-electron chi connectivity index (χ0n) is 26.2. The fourth-order valence-corrected chi connectivity index (χ4v) is 9.25. The third-order valence-electron chi connectivity index (χ3n) is 7.49. The first-order valence-corrected chi connectivity index (χ1v) is 20.5. The van der Waals surface area contributed by atoms with Crippen molar-refractivity contribution in [3.05, 3.63) is 39.7 Å². The van der Waals surface area contributed by atoms with E-state index in [1.165, 1.54) is 0 Å². The lowest BCUT2D eigenvalue weighted by Gasteiger charge is -2.25. The Hall–Kier alpha value is -3.18. The van der Waals surface area contributed by atoms with E-state index in [2.05, 4.69) is 43.0 Å². The van der Waals surface area contributed by atoms with Gasteiger partial charge >= 0.3 is 31.3 Å². The molecule has 6 heterocycles. The summed E-state index contributed by atoms with van der Waals surface area (Å²) >= 11 is 0. The number of nitrogens with one attached hydrogen (secondary N) is 2. The fraction of sp³-hybridized carbons (Fsp3) is 0.500. The number of imidazole rings is 2. The molecule has 4 aromatic rings. The van der Waals surface area contributed by atoms with Gasteiger partial charge in [0, 0.05) is 0 Å². The molecule has 2 aliphatic rings. The zero-order chi connectivity index (χ0) is 39.5. The predicted molar refractivity (Wildman–Crippen MR) is 167 cm³/mol. The molecule has 0 aromatic carbocycles. The number of aromatic nitrogens is 8. The van der Waals surface area contributed by atoms with Gasteiger partial charge in [-0.05, 0) is 0 Å². The second kappa shape index (κ2) is 14.7. The highest BCUT2D eigenvalue weighted by molar-refractivity contribution is 7.66. The number of nitrogens with two attached hydrogens (primary N) is 1. The quantitative estimate of drug-likeness (QED) is 0.0550. The number of rotatable bonds is 14. The number of aliphatic hydroxyl groups excluding tert-OH is 3. The lowest BCUT2D eigenvalue weighted by atomic mass is 10.1. The molecule has 34 heteroatoms. The Kier molecular flexibility index (Phi) is 11.0. The van der Waals surface area contributed by atoms with E-state index in [4.69, 9.17) is 34.0 Å². The van der Waals surface area contributed by atoms with Crippen LogP contribution < -0.4 is 16.9 Å². The maximum Gasteiger partial charge on any atom is 0.490 e. The van der Waals surface area contributed by atoms with Crippen molar-refractivity contribution < 1.29 is 89.7 Å². The third-order valence-corrected chi connectivity index (χ3v) is 12.3. The molecule has 12 N–H and O–H groups in total. The topological polar surface area (TPSA) is 448 Å². The summed E-state index contributed by atoms with van der Waals surface area (Å²) in [4.78, 5) is 91.9. The minimum atomic E-state index is -5.94. The lowest BCUT2D eigenvalue weighted by molar-refractivity contribution is -0.0613. The molecule has 4 aromatic heterocycles. The summed E-state index contributed by atoms with van der Waals surface area (Å²) in [6.45, 7) is -2.24. The molecule has 2 aliphatic heterocycles. The minimum Gasteiger partial charge on any atom is -0.387 e. The summed E-state index contributed by atoms with van der Waals surface area (Å²) < 4.78 is 83.4. The Labute approximate surface area is 296 Å². The van der Waals surface area contributed by atoms with E-state index in [1.807, 2.05) is 0 Å². The van der Waals surface area contributed by atoms with Gasteiger partial charge in [-0.3, -0.25) is 37.3 Å². The summed E-state index contributed by atoms with van der Waals surface area (Å²) in [5, 5.41) is 32.4. The van der Waals surface area contributed by atoms with Crippen LogP contribution in [0.1, 0.15) is 12.5 Å². The molecule has 2 fully saturated rings. The largest absolute Gasteiger partial charge is 0.490 e. The summed E-state index contributed by atoms with van der Waals surface area (Å²) in [7, 11) is -22.9. The normalized spacial score (nSPS) is 29.7. The molecular weight excluding hydrogens is 826 g/mol. The molecule has 30 nitrogen and oxygen atoms in total. The van der Waals surface area contributed by atoms with Crippen LogP contribution >= 0.6 is 31.3 Å². The van der Waals surface area contributed by atoms with Gasteiger partial charge in [-0.1, -0.05) is 0 Å². The van der Waals surface area contributed by atoms with Gasteiger partial charge in [-0.25, -0.2) is 33.2 Å². The van der Waals surface area contributed by atoms with Crippen LogP contribution in [0, 0.1) is 0 Å². The number of aromatic amines is 2. The smallest absolute Gasteiger partial charge is 0.387 e. The van der Waals surface area contributed by atoms with Crippen LogP contribution in [0.5, 0.6) is 0 Å². The van der Waals surface area contributed by atoms with Crippen LogP contribution in [0.3, 0.4) is 0 Å². The van der Waals surface area contributed by atoms with Crippen LogP contribution in [-0.4, -0.2) is 129 Å². The number of fused-ring (bicyclic) bond motifs is 2. The Balaban J connectivity index is 1.20. The first kappa shape index (κ1) is 40.5. The Morgan fingerprint density at radius 2 is 1.31 bits per heavy atom. The predicted octanol–water partition coefficient (Wildman–Crippen LogP) is -3.44. The number of phosphoric ester groups is 2. The van der Waals surface area contributed by atoms with E-state index in [9.17, 15) is 57.8 Å². The van der Waals surface area contributed by atoms with Gasteiger partial charge in [0.25, 0.3) is 11.1 Å². The van der Waals surface area contributed by atoms with E-state index >= 15 is 0 Å². The number of anilines is 1. The molecule has 6 rings (SSSR count).